The van der Waals surface area contributed by atoms with E-state index in [9.17, 15) is 15.3 Å². The summed E-state index contributed by atoms with van der Waals surface area (Å²) in [5, 5.41) is 29.7. The maximum Gasteiger partial charge on any atom is 0.0836 e. The highest BCUT2D eigenvalue weighted by molar-refractivity contribution is 5.26. The van der Waals surface area contributed by atoms with Crippen molar-refractivity contribution in [2.75, 3.05) is 0 Å². The van der Waals surface area contributed by atoms with Gasteiger partial charge in [-0.25, -0.2) is 0 Å². The van der Waals surface area contributed by atoms with E-state index in [4.69, 9.17) is 0 Å². The fraction of sp³-hybridized carbons (Fsp3) is 0.846. The Morgan fingerprint density at radius 1 is 1.10 bits per heavy atom. The molecule has 29 heavy (non-hydrogen) atoms. The molecular weight excluding hydrogens is 360 g/mol. The van der Waals surface area contributed by atoms with Crippen LogP contribution in [-0.2, 0) is 0 Å². The predicted octanol–water partition coefficient (Wildman–Crippen LogP) is 5.54. The molecule has 0 aromatic heterocycles. The molecule has 0 bridgehead atoms. The Labute approximate surface area is 178 Å². The Balaban J connectivity index is 1.65. The molecule has 3 aliphatic rings. The summed E-state index contributed by atoms with van der Waals surface area (Å²) in [6, 6.07) is 0. The molecule has 3 saturated carbocycles. The van der Waals surface area contributed by atoms with Crippen LogP contribution in [0.1, 0.15) is 98.3 Å². The molecule has 3 rings (SSSR count). The number of hydrogen-bond donors (Lipinski definition) is 3. The van der Waals surface area contributed by atoms with Gasteiger partial charge in [0.15, 0.2) is 0 Å². The summed E-state index contributed by atoms with van der Waals surface area (Å²) >= 11 is 0. The van der Waals surface area contributed by atoms with E-state index in [1.807, 2.05) is 13.8 Å². The molecule has 0 heterocycles. The molecule has 3 nitrogen and oxygen atoms in total. The van der Waals surface area contributed by atoms with Crippen molar-refractivity contribution in [3.05, 3.63) is 23.3 Å². The van der Waals surface area contributed by atoms with Crippen LogP contribution < -0.4 is 0 Å². The largest absolute Gasteiger partial charge is 0.390 e. The van der Waals surface area contributed by atoms with E-state index >= 15 is 0 Å². The number of allylic oxidation sites excluding steroid dienone is 3. The smallest absolute Gasteiger partial charge is 0.0836 e. The third-order valence-corrected chi connectivity index (χ3v) is 8.38. The average molecular weight is 405 g/mol. The quantitative estimate of drug-likeness (QED) is 0.545. The highest BCUT2D eigenvalue weighted by atomic mass is 16.3. The van der Waals surface area contributed by atoms with Gasteiger partial charge in [0.1, 0.15) is 0 Å². The van der Waals surface area contributed by atoms with Gasteiger partial charge in [-0.2, -0.15) is 0 Å². The van der Waals surface area contributed by atoms with Gasteiger partial charge < -0.3 is 15.3 Å². The van der Waals surface area contributed by atoms with Crippen LogP contribution >= 0.6 is 0 Å². The minimum absolute atomic E-state index is 0.416. The minimum atomic E-state index is -0.592. The van der Waals surface area contributed by atoms with Crippen LogP contribution in [0.15, 0.2) is 23.3 Å². The van der Waals surface area contributed by atoms with Crippen molar-refractivity contribution >= 4 is 0 Å². The minimum Gasteiger partial charge on any atom is -0.390 e. The molecule has 0 spiro atoms. The van der Waals surface area contributed by atoms with Gasteiger partial charge in [0.2, 0.25) is 0 Å². The maximum absolute atomic E-state index is 10.0. The lowest BCUT2D eigenvalue weighted by Gasteiger charge is -2.44. The number of fused-ring (bicyclic) bond motifs is 1. The first-order valence-electron chi connectivity index (χ1n) is 12.1. The molecule has 0 aliphatic heterocycles. The average Bonchev–Trinajstić information content (AvgIpc) is 2.99. The molecule has 0 unspecified atom stereocenters. The van der Waals surface area contributed by atoms with Gasteiger partial charge in [-0.1, -0.05) is 50.0 Å². The standard InChI is InChI=1S/C26H44O3/c1-18(7-5-15-25(2,3)29)21-12-13-22-20(8-6-16-26(21,22)4)11-9-19-10-14-23(27)24(28)17-19/h9,11,18,21-24,27-29H,5-8,10,12-17H2,1-4H3/b19-9-,20-11+/t18-,21-,22-,23-,24-,26-/m1/s1. The number of hydrogen-bond acceptors (Lipinski definition) is 3. The second kappa shape index (κ2) is 9.24. The molecule has 3 heteroatoms. The molecule has 6 atom stereocenters. The van der Waals surface area contributed by atoms with Gasteiger partial charge >= 0.3 is 0 Å². The molecule has 0 saturated heterocycles. The van der Waals surface area contributed by atoms with E-state index in [1.54, 1.807) is 5.57 Å². The van der Waals surface area contributed by atoms with E-state index in [0.29, 0.717) is 24.2 Å². The highest BCUT2D eigenvalue weighted by Crippen LogP contribution is 2.59. The Morgan fingerprint density at radius 2 is 1.86 bits per heavy atom. The SMILES string of the molecule is C[C@H](CCCC(C)(C)O)[C@H]1CC[C@@H]2/C(=C/C=C3/CC[C@@H](O)[C@H](O)C3)CCC[C@@]21C. The molecule has 3 N–H and O–H groups in total. The first-order valence-corrected chi connectivity index (χ1v) is 12.1. The maximum atomic E-state index is 10.0. The summed E-state index contributed by atoms with van der Waals surface area (Å²) in [7, 11) is 0. The van der Waals surface area contributed by atoms with Crippen LogP contribution in [0, 0.1) is 23.2 Å². The number of aliphatic hydroxyl groups is 3. The van der Waals surface area contributed by atoms with Gasteiger partial charge in [-0.15, -0.1) is 0 Å². The van der Waals surface area contributed by atoms with E-state index in [2.05, 4.69) is 26.0 Å². The number of aliphatic hydroxyl groups excluding tert-OH is 2. The van der Waals surface area contributed by atoms with Crippen LogP contribution in [0.5, 0.6) is 0 Å². The van der Waals surface area contributed by atoms with Crippen molar-refractivity contribution in [1.29, 1.82) is 0 Å². The zero-order valence-electron chi connectivity index (χ0n) is 19.2. The predicted molar refractivity (Wildman–Crippen MR) is 120 cm³/mol. The lowest BCUT2D eigenvalue weighted by atomic mass is 9.60. The highest BCUT2D eigenvalue weighted by Gasteiger charge is 2.50. The van der Waals surface area contributed by atoms with Gasteiger partial charge in [0, 0.05) is 0 Å². The fourth-order valence-electron chi connectivity index (χ4n) is 6.68. The molecule has 0 amide bonds. The van der Waals surface area contributed by atoms with Crippen molar-refractivity contribution in [3.8, 4) is 0 Å². The Morgan fingerprint density at radius 3 is 2.55 bits per heavy atom. The summed E-state index contributed by atoms with van der Waals surface area (Å²) < 4.78 is 0. The summed E-state index contributed by atoms with van der Waals surface area (Å²) in [5.74, 6) is 2.21. The molecule has 3 aliphatic carbocycles. The first-order chi connectivity index (χ1) is 13.6. The van der Waals surface area contributed by atoms with E-state index in [-0.39, 0.29) is 0 Å². The van der Waals surface area contributed by atoms with E-state index < -0.39 is 17.8 Å². The van der Waals surface area contributed by atoms with Crippen LogP contribution in [0.25, 0.3) is 0 Å². The summed E-state index contributed by atoms with van der Waals surface area (Å²) in [4.78, 5) is 0. The molecule has 0 radical (unpaired) electrons. The van der Waals surface area contributed by atoms with Crippen molar-refractivity contribution < 1.29 is 15.3 Å². The van der Waals surface area contributed by atoms with Crippen LogP contribution in [0.2, 0.25) is 0 Å². The van der Waals surface area contributed by atoms with Gasteiger partial charge in [-0.05, 0) is 94.8 Å². The van der Waals surface area contributed by atoms with E-state index in [1.165, 1.54) is 44.1 Å². The zero-order chi connectivity index (χ0) is 21.2. The van der Waals surface area contributed by atoms with Crippen molar-refractivity contribution in [2.45, 2.75) is 116 Å². The van der Waals surface area contributed by atoms with Crippen molar-refractivity contribution in [3.63, 3.8) is 0 Å². The van der Waals surface area contributed by atoms with Crippen molar-refractivity contribution in [1.82, 2.24) is 0 Å². The lowest BCUT2D eigenvalue weighted by molar-refractivity contribution is 0.00411. The second-order valence-electron chi connectivity index (χ2n) is 11.2. The molecule has 3 fully saturated rings. The monoisotopic (exact) mass is 404 g/mol. The Kier molecular flexibility index (Phi) is 7.34. The third-order valence-electron chi connectivity index (χ3n) is 8.38. The Bertz CT molecular complexity index is 614. The molecule has 0 aromatic carbocycles. The van der Waals surface area contributed by atoms with Crippen molar-refractivity contribution in [2.24, 2.45) is 23.2 Å². The lowest BCUT2D eigenvalue weighted by Crippen LogP contribution is -2.36. The third kappa shape index (κ3) is 5.54. The van der Waals surface area contributed by atoms with Crippen LogP contribution in [0.4, 0.5) is 0 Å². The molecule has 0 aromatic rings. The van der Waals surface area contributed by atoms with Gasteiger partial charge in [0.05, 0.1) is 17.8 Å². The zero-order valence-corrected chi connectivity index (χ0v) is 19.2. The second-order valence-corrected chi connectivity index (χ2v) is 11.2. The van der Waals surface area contributed by atoms with Crippen LogP contribution in [-0.4, -0.2) is 33.1 Å². The first kappa shape index (κ1) is 23.0. The van der Waals surface area contributed by atoms with E-state index in [0.717, 1.165) is 31.1 Å². The van der Waals surface area contributed by atoms with Gasteiger partial charge in [-0.3, -0.25) is 0 Å². The van der Waals surface area contributed by atoms with Crippen LogP contribution in [0.3, 0.4) is 0 Å². The fourth-order valence-corrected chi connectivity index (χ4v) is 6.68. The normalized spacial score (nSPS) is 39.7. The summed E-state index contributed by atoms with van der Waals surface area (Å²) in [6.07, 6.45) is 15.4. The number of rotatable bonds is 6. The summed E-state index contributed by atoms with van der Waals surface area (Å²) in [5.41, 5.74) is 2.79. The molecule has 166 valence electrons. The molecular formula is C26H44O3. The van der Waals surface area contributed by atoms with Gasteiger partial charge in [0.25, 0.3) is 0 Å². The Hall–Kier alpha value is -0.640. The topological polar surface area (TPSA) is 60.7 Å². The summed E-state index contributed by atoms with van der Waals surface area (Å²) in [6.45, 7) is 8.83.